The molecule has 1 N–H and O–H groups in total. The van der Waals surface area contributed by atoms with E-state index in [0.29, 0.717) is 6.42 Å². The summed E-state index contributed by atoms with van der Waals surface area (Å²) in [6.45, 7) is 1.73. The molecule has 0 fully saturated rings. The van der Waals surface area contributed by atoms with E-state index < -0.39 is 10.9 Å². The minimum absolute atomic E-state index is 0.0845. The highest BCUT2D eigenvalue weighted by atomic mass is 16.6. The van der Waals surface area contributed by atoms with Crippen molar-refractivity contribution in [3.05, 3.63) is 39.8 Å². The van der Waals surface area contributed by atoms with Crippen molar-refractivity contribution < 1.29 is 19.6 Å². The number of nitrogens with zero attached hydrogens (tertiary/aromatic N) is 4. The molecular formula is C12H12N4O5. The molecule has 0 saturated heterocycles. The van der Waals surface area contributed by atoms with Gasteiger partial charge in [0.25, 0.3) is 5.88 Å². The van der Waals surface area contributed by atoms with Crippen molar-refractivity contribution in [3.63, 3.8) is 0 Å². The number of aryl methyl sites for hydroxylation is 2. The molecule has 21 heavy (non-hydrogen) atoms. The van der Waals surface area contributed by atoms with Gasteiger partial charge in [0.2, 0.25) is 0 Å². The lowest BCUT2D eigenvalue weighted by atomic mass is 10.2. The second kappa shape index (κ2) is 5.57. The predicted octanol–water partition coefficient (Wildman–Crippen LogP) is 1.78. The molecule has 0 saturated carbocycles. The highest BCUT2D eigenvalue weighted by molar-refractivity contribution is 5.90. The molecule has 0 aliphatic heterocycles. The van der Waals surface area contributed by atoms with E-state index >= 15 is 0 Å². The maximum absolute atomic E-state index is 11.2. The minimum atomic E-state index is -1.21. The Labute approximate surface area is 118 Å². The van der Waals surface area contributed by atoms with Crippen LogP contribution in [0.1, 0.15) is 23.0 Å². The van der Waals surface area contributed by atoms with Gasteiger partial charge in [0.15, 0.2) is 5.75 Å². The SMILES string of the molecule is CCc1nn(C)c(Oc2cnccc2C(=O)O)c1[N+](=O)[O-]. The molecule has 2 aromatic rings. The molecule has 0 unspecified atom stereocenters. The summed E-state index contributed by atoms with van der Waals surface area (Å²) in [4.78, 5) is 25.4. The minimum Gasteiger partial charge on any atom is -0.478 e. The van der Waals surface area contributed by atoms with Gasteiger partial charge >= 0.3 is 11.7 Å². The van der Waals surface area contributed by atoms with Gasteiger partial charge in [-0.15, -0.1) is 0 Å². The van der Waals surface area contributed by atoms with Crippen molar-refractivity contribution in [2.45, 2.75) is 13.3 Å². The number of ether oxygens (including phenoxy) is 1. The molecule has 0 amide bonds. The Balaban J connectivity index is 2.52. The maximum Gasteiger partial charge on any atom is 0.353 e. The number of aromatic carboxylic acids is 1. The molecule has 0 atom stereocenters. The maximum atomic E-state index is 11.2. The Morgan fingerprint density at radius 2 is 2.29 bits per heavy atom. The van der Waals surface area contributed by atoms with Crippen LogP contribution in [0.5, 0.6) is 11.6 Å². The van der Waals surface area contributed by atoms with E-state index in [2.05, 4.69) is 10.1 Å². The van der Waals surface area contributed by atoms with Crippen LogP contribution in [0.4, 0.5) is 5.69 Å². The van der Waals surface area contributed by atoms with E-state index in [1.165, 1.54) is 30.2 Å². The number of hydrogen-bond donors (Lipinski definition) is 1. The molecule has 2 heterocycles. The van der Waals surface area contributed by atoms with Gasteiger partial charge in [-0.2, -0.15) is 5.10 Å². The summed E-state index contributed by atoms with van der Waals surface area (Å²) in [7, 11) is 1.48. The first-order valence-electron chi connectivity index (χ1n) is 6.01. The van der Waals surface area contributed by atoms with Crippen LogP contribution < -0.4 is 4.74 Å². The Bertz CT molecular complexity index is 710. The predicted molar refractivity (Wildman–Crippen MR) is 70.5 cm³/mol. The summed E-state index contributed by atoms with van der Waals surface area (Å²) in [5.41, 5.74) is -0.156. The second-order valence-corrected chi connectivity index (χ2v) is 4.11. The van der Waals surface area contributed by atoms with Crippen LogP contribution in [-0.2, 0) is 13.5 Å². The standard InChI is InChI=1S/C12H12N4O5/c1-3-8-10(16(19)20)11(15(2)14-8)21-9-6-13-5-4-7(9)12(17)18/h4-6H,3H2,1-2H3,(H,17,18). The summed E-state index contributed by atoms with van der Waals surface area (Å²) in [6, 6.07) is 1.25. The van der Waals surface area contributed by atoms with Gasteiger partial charge in [0.05, 0.1) is 11.1 Å². The number of hydrogen-bond acceptors (Lipinski definition) is 6. The summed E-state index contributed by atoms with van der Waals surface area (Å²) in [5.74, 6) is -1.43. The largest absolute Gasteiger partial charge is 0.478 e. The van der Waals surface area contributed by atoms with Crippen molar-refractivity contribution in [1.29, 1.82) is 0 Å². The summed E-state index contributed by atoms with van der Waals surface area (Å²) in [5, 5.41) is 24.2. The highest BCUT2D eigenvalue weighted by Gasteiger charge is 2.28. The number of rotatable bonds is 5. The Kier molecular flexibility index (Phi) is 3.83. The topological polar surface area (TPSA) is 120 Å². The van der Waals surface area contributed by atoms with Gasteiger partial charge in [0.1, 0.15) is 11.3 Å². The molecule has 2 aromatic heterocycles. The smallest absolute Gasteiger partial charge is 0.353 e. The molecule has 2 rings (SSSR count). The summed E-state index contributed by atoms with van der Waals surface area (Å²) in [6.07, 6.45) is 2.84. The fourth-order valence-corrected chi connectivity index (χ4v) is 1.83. The first kappa shape index (κ1) is 14.4. The first-order valence-corrected chi connectivity index (χ1v) is 6.01. The van der Waals surface area contributed by atoms with Crippen molar-refractivity contribution in [2.75, 3.05) is 0 Å². The van der Waals surface area contributed by atoms with E-state index in [0.717, 1.165) is 0 Å². The molecular weight excluding hydrogens is 280 g/mol. The van der Waals surface area contributed by atoms with Crippen LogP contribution in [0.3, 0.4) is 0 Å². The van der Waals surface area contributed by atoms with Crippen molar-refractivity contribution in [3.8, 4) is 11.6 Å². The third-order valence-corrected chi connectivity index (χ3v) is 2.78. The number of pyridine rings is 1. The van der Waals surface area contributed by atoms with Gasteiger partial charge in [-0.3, -0.25) is 15.1 Å². The molecule has 0 aliphatic carbocycles. The monoisotopic (exact) mass is 292 g/mol. The van der Waals surface area contributed by atoms with Crippen molar-refractivity contribution >= 4 is 11.7 Å². The lowest BCUT2D eigenvalue weighted by molar-refractivity contribution is -0.386. The number of carbonyl (C=O) groups is 1. The number of carboxylic acids is 1. The third kappa shape index (κ3) is 2.66. The van der Waals surface area contributed by atoms with Crippen LogP contribution in [0, 0.1) is 10.1 Å². The van der Waals surface area contributed by atoms with Gasteiger partial charge in [-0.25, -0.2) is 9.48 Å². The molecule has 9 nitrogen and oxygen atoms in total. The summed E-state index contributed by atoms with van der Waals surface area (Å²) < 4.78 is 6.60. The fraction of sp³-hybridized carbons (Fsp3) is 0.250. The van der Waals surface area contributed by atoms with E-state index in [1.54, 1.807) is 6.92 Å². The Morgan fingerprint density at radius 1 is 1.57 bits per heavy atom. The summed E-state index contributed by atoms with van der Waals surface area (Å²) >= 11 is 0. The van der Waals surface area contributed by atoms with Crippen LogP contribution in [0.2, 0.25) is 0 Å². The molecule has 110 valence electrons. The zero-order valence-electron chi connectivity index (χ0n) is 11.3. The van der Waals surface area contributed by atoms with Crippen LogP contribution in [-0.4, -0.2) is 30.8 Å². The zero-order valence-corrected chi connectivity index (χ0v) is 11.3. The average molecular weight is 292 g/mol. The average Bonchev–Trinajstić information content (AvgIpc) is 2.76. The molecule has 0 bridgehead atoms. The highest BCUT2D eigenvalue weighted by Crippen LogP contribution is 2.35. The number of aromatic nitrogens is 3. The number of nitro groups is 1. The van der Waals surface area contributed by atoms with Crippen molar-refractivity contribution in [1.82, 2.24) is 14.8 Å². The Morgan fingerprint density at radius 3 is 2.86 bits per heavy atom. The lowest BCUT2D eigenvalue weighted by Gasteiger charge is -2.07. The van der Waals surface area contributed by atoms with Gasteiger partial charge in [-0.1, -0.05) is 6.92 Å². The van der Waals surface area contributed by atoms with Crippen LogP contribution >= 0.6 is 0 Å². The zero-order chi connectivity index (χ0) is 15.6. The van der Waals surface area contributed by atoms with Crippen LogP contribution in [0.25, 0.3) is 0 Å². The number of carboxylic acid groups (broad SMARTS) is 1. The Hall–Kier alpha value is -2.97. The van der Waals surface area contributed by atoms with Crippen molar-refractivity contribution in [2.24, 2.45) is 7.05 Å². The van der Waals surface area contributed by atoms with E-state index in [1.807, 2.05) is 0 Å². The van der Waals surface area contributed by atoms with Gasteiger partial charge < -0.3 is 9.84 Å². The van der Waals surface area contributed by atoms with E-state index in [4.69, 9.17) is 9.84 Å². The fourth-order valence-electron chi connectivity index (χ4n) is 1.83. The van der Waals surface area contributed by atoms with E-state index in [-0.39, 0.29) is 28.6 Å². The molecule has 0 aromatic carbocycles. The lowest BCUT2D eigenvalue weighted by Crippen LogP contribution is -2.03. The van der Waals surface area contributed by atoms with Crippen LogP contribution in [0.15, 0.2) is 18.5 Å². The molecule has 0 spiro atoms. The molecule has 0 aliphatic rings. The first-order chi connectivity index (χ1) is 9.95. The van der Waals surface area contributed by atoms with Gasteiger partial charge in [-0.05, 0) is 12.5 Å². The third-order valence-electron chi connectivity index (χ3n) is 2.78. The normalized spacial score (nSPS) is 10.4. The van der Waals surface area contributed by atoms with Gasteiger partial charge in [0, 0.05) is 13.2 Å². The molecule has 0 radical (unpaired) electrons. The molecule has 9 heteroatoms. The van der Waals surface area contributed by atoms with E-state index in [9.17, 15) is 14.9 Å². The second-order valence-electron chi connectivity index (χ2n) is 4.11. The quantitative estimate of drug-likeness (QED) is 0.658.